The smallest absolute Gasteiger partial charge is 0.270 e. The molecule has 7 heteroatoms. The highest BCUT2D eigenvalue weighted by molar-refractivity contribution is 6.02. The molecule has 2 rings (SSSR count). The number of carbonyl (C=O) groups excluding carboxylic acids is 2. The van der Waals surface area contributed by atoms with Gasteiger partial charge in [0.2, 0.25) is 11.8 Å². The Hall–Kier alpha value is -3.48. The molecule has 1 N–H and O–H groups in total. The quantitative estimate of drug-likeness (QED) is 0.459. The molecule has 2 amide bonds. The van der Waals surface area contributed by atoms with Gasteiger partial charge in [-0.05, 0) is 30.2 Å². The number of nitrogens with zero attached hydrogens (tertiary/aromatic N) is 2. The standard InChI is InChI=1S/C20H21N3O4/c1-3-22(15(2)24)14-17-8-4-5-10-19(17)21-20(25)12-11-16-7-6-9-18(13-16)23(26)27/h4-13H,3,14H2,1-2H3,(H,21,25)/b12-11+. The van der Waals surface area contributed by atoms with Crippen molar-refractivity contribution in [3.8, 4) is 0 Å². The average molecular weight is 367 g/mol. The van der Waals surface area contributed by atoms with Crippen molar-refractivity contribution in [2.75, 3.05) is 11.9 Å². The zero-order valence-corrected chi connectivity index (χ0v) is 15.2. The predicted octanol–water partition coefficient (Wildman–Crippen LogP) is 3.62. The summed E-state index contributed by atoms with van der Waals surface area (Å²) in [6, 6.07) is 13.3. The lowest BCUT2D eigenvalue weighted by molar-refractivity contribution is -0.384. The Bertz CT molecular complexity index is 877. The van der Waals surface area contributed by atoms with E-state index < -0.39 is 4.92 Å². The average Bonchev–Trinajstić information content (AvgIpc) is 2.65. The monoisotopic (exact) mass is 367 g/mol. The molecule has 7 nitrogen and oxygen atoms in total. The van der Waals surface area contributed by atoms with Crippen LogP contribution in [0.5, 0.6) is 0 Å². The Morgan fingerprint density at radius 2 is 1.93 bits per heavy atom. The number of anilines is 1. The molecule has 0 aliphatic heterocycles. The Kier molecular flexibility index (Phi) is 6.82. The van der Waals surface area contributed by atoms with Gasteiger partial charge in [0.25, 0.3) is 5.69 Å². The third kappa shape index (κ3) is 5.78. The number of nitrogens with one attached hydrogen (secondary N) is 1. The second-order valence-electron chi connectivity index (χ2n) is 5.87. The summed E-state index contributed by atoms with van der Waals surface area (Å²) in [5.74, 6) is -0.399. The van der Waals surface area contributed by atoms with Crippen LogP contribution in [0.15, 0.2) is 54.6 Å². The van der Waals surface area contributed by atoms with Crippen LogP contribution >= 0.6 is 0 Å². The summed E-state index contributed by atoms with van der Waals surface area (Å²) in [7, 11) is 0. The van der Waals surface area contributed by atoms with E-state index in [4.69, 9.17) is 0 Å². The molecule has 27 heavy (non-hydrogen) atoms. The van der Waals surface area contributed by atoms with E-state index >= 15 is 0 Å². The van der Waals surface area contributed by atoms with Gasteiger partial charge in [0.05, 0.1) is 4.92 Å². The maximum Gasteiger partial charge on any atom is 0.270 e. The van der Waals surface area contributed by atoms with Crippen LogP contribution in [-0.2, 0) is 16.1 Å². The van der Waals surface area contributed by atoms with Gasteiger partial charge in [0.1, 0.15) is 0 Å². The molecule has 0 atom stereocenters. The van der Waals surface area contributed by atoms with Crippen molar-refractivity contribution in [1.29, 1.82) is 0 Å². The first-order chi connectivity index (χ1) is 12.9. The minimum absolute atomic E-state index is 0.0354. The molecule has 2 aromatic carbocycles. The van der Waals surface area contributed by atoms with Crippen molar-refractivity contribution in [3.05, 3.63) is 75.8 Å². The topological polar surface area (TPSA) is 92.6 Å². The Labute approximate surface area is 157 Å². The highest BCUT2D eigenvalue weighted by atomic mass is 16.6. The minimum Gasteiger partial charge on any atom is -0.339 e. The Balaban J connectivity index is 2.11. The van der Waals surface area contributed by atoms with Crippen molar-refractivity contribution < 1.29 is 14.5 Å². The number of para-hydroxylation sites is 1. The minimum atomic E-state index is -0.484. The number of non-ortho nitro benzene ring substituents is 1. The molecule has 140 valence electrons. The number of hydrogen-bond donors (Lipinski definition) is 1. The molecule has 0 unspecified atom stereocenters. The van der Waals surface area contributed by atoms with E-state index in [-0.39, 0.29) is 17.5 Å². The second kappa shape index (κ2) is 9.28. The summed E-state index contributed by atoms with van der Waals surface area (Å²) in [5, 5.41) is 13.6. The largest absolute Gasteiger partial charge is 0.339 e. The Morgan fingerprint density at radius 1 is 1.19 bits per heavy atom. The van der Waals surface area contributed by atoms with Crippen molar-refractivity contribution >= 4 is 29.3 Å². The summed E-state index contributed by atoms with van der Waals surface area (Å²) < 4.78 is 0. The van der Waals surface area contributed by atoms with E-state index in [0.29, 0.717) is 24.3 Å². The van der Waals surface area contributed by atoms with E-state index in [1.807, 2.05) is 19.1 Å². The van der Waals surface area contributed by atoms with Crippen LogP contribution in [0, 0.1) is 10.1 Å². The van der Waals surface area contributed by atoms with Gasteiger partial charge < -0.3 is 10.2 Å². The first-order valence-corrected chi connectivity index (χ1v) is 8.47. The number of carbonyl (C=O) groups is 2. The molecule has 0 radical (unpaired) electrons. The summed E-state index contributed by atoms with van der Waals surface area (Å²) in [6.07, 6.45) is 2.83. The molecule has 0 bridgehead atoms. The Morgan fingerprint density at radius 3 is 2.59 bits per heavy atom. The first-order valence-electron chi connectivity index (χ1n) is 8.47. The SMILES string of the molecule is CCN(Cc1ccccc1NC(=O)/C=C/c1cccc([N+](=O)[O-])c1)C(C)=O. The first kappa shape index (κ1) is 19.8. The summed E-state index contributed by atoms with van der Waals surface area (Å²) in [6.45, 7) is 4.37. The van der Waals surface area contributed by atoms with Gasteiger partial charge >= 0.3 is 0 Å². The third-order valence-electron chi connectivity index (χ3n) is 3.97. The van der Waals surface area contributed by atoms with E-state index in [1.54, 1.807) is 29.2 Å². The predicted molar refractivity (Wildman–Crippen MR) is 104 cm³/mol. The van der Waals surface area contributed by atoms with Gasteiger partial charge in [-0.1, -0.05) is 30.3 Å². The van der Waals surface area contributed by atoms with Crippen molar-refractivity contribution in [2.24, 2.45) is 0 Å². The lowest BCUT2D eigenvalue weighted by Crippen LogP contribution is -2.28. The number of rotatable bonds is 7. The van der Waals surface area contributed by atoms with Crippen LogP contribution in [0.3, 0.4) is 0 Å². The molecule has 0 aromatic heterocycles. The second-order valence-corrected chi connectivity index (χ2v) is 5.87. The van der Waals surface area contributed by atoms with Gasteiger partial charge in [0.15, 0.2) is 0 Å². The van der Waals surface area contributed by atoms with Gasteiger partial charge in [0, 0.05) is 43.9 Å². The summed E-state index contributed by atoms with van der Waals surface area (Å²) in [4.78, 5) is 35.9. The fraction of sp³-hybridized carbons (Fsp3) is 0.200. The fourth-order valence-electron chi connectivity index (χ4n) is 2.52. The molecular weight excluding hydrogens is 346 g/mol. The van der Waals surface area contributed by atoms with Crippen LogP contribution in [-0.4, -0.2) is 28.2 Å². The van der Waals surface area contributed by atoms with E-state index in [9.17, 15) is 19.7 Å². The number of nitro groups is 1. The number of amides is 2. The number of benzene rings is 2. The summed E-state index contributed by atoms with van der Waals surface area (Å²) in [5.41, 5.74) is 1.96. The molecule has 0 heterocycles. The highest BCUT2D eigenvalue weighted by Crippen LogP contribution is 2.18. The third-order valence-corrected chi connectivity index (χ3v) is 3.97. The van der Waals surface area contributed by atoms with Crippen molar-refractivity contribution in [1.82, 2.24) is 4.90 Å². The summed E-state index contributed by atoms with van der Waals surface area (Å²) >= 11 is 0. The van der Waals surface area contributed by atoms with Crippen molar-refractivity contribution in [2.45, 2.75) is 20.4 Å². The van der Waals surface area contributed by atoms with Crippen molar-refractivity contribution in [3.63, 3.8) is 0 Å². The zero-order valence-electron chi connectivity index (χ0n) is 15.2. The maximum atomic E-state index is 12.2. The van der Waals surface area contributed by atoms with Crippen LogP contribution in [0.25, 0.3) is 6.08 Å². The normalized spacial score (nSPS) is 10.6. The fourth-order valence-corrected chi connectivity index (χ4v) is 2.52. The lowest BCUT2D eigenvalue weighted by atomic mass is 10.1. The maximum absolute atomic E-state index is 12.2. The van der Waals surface area contributed by atoms with Crippen LogP contribution in [0.2, 0.25) is 0 Å². The molecule has 0 saturated heterocycles. The highest BCUT2D eigenvalue weighted by Gasteiger charge is 2.11. The molecular formula is C20H21N3O4. The van der Waals surface area contributed by atoms with E-state index in [0.717, 1.165) is 5.56 Å². The lowest BCUT2D eigenvalue weighted by Gasteiger charge is -2.20. The molecule has 0 saturated carbocycles. The van der Waals surface area contributed by atoms with Crippen LogP contribution in [0.1, 0.15) is 25.0 Å². The van der Waals surface area contributed by atoms with E-state index in [2.05, 4.69) is 5.32 Å². The van der Waals surface area contributed by atoms with Gasteiger partial charge in [-0.25, -0.2) is 0 Å². The molecule has 0 aliphatic rings. The van der Waals surface area contributed by atoms with Crippen LogP contribution in [0.4, 0.5) is 11.4 Å². The van der Waals surface area contributed by atoms with Gasteiger partial charge in [-0.2, -0.15) is 0 Å². The zero-order chi connectivity index (χ0) is 19.8. The number of hydrogen-bond acceptors (Lipinski definition) is 4. The molecule has 0 fully saturated rings. The molecule has 2 aromatic rings. The van der Waals surface area contributed by atoms with Crippen LogP contribution < -0.4 is 5.32 Å². The van der Waals surface area contributed by atoms with Gasteiger partial charge in [-0.15, -0.1) is 0 Å². The van der Waals surface area contributed by atoms with E-state index in [1.165, 1.54) is 31.2 Å². The number of nitro benzene ring substituents is 1. The molecule has 0 spiro atoms. The van der Waals surface area contributed by atoms with Gasteiger partial charge in [-0.3, -0.25) is 19.7 Å². The molecule has 0 aliphatic carbocycles.